The number of amides is 1. The SMILES string of the molecule is CS(=O)(=O)Nc1ccc(C(=O)Nc2ccc3c(c2)CCC3)cc1. The number of benzene rings is 2. The standard InChI is InChI=1S/C17H18N2O3S/c1-23(21,22)19-15-8-6-13(7-9-15)17(20)18-16-10-5-12-3-2-4-14(12)11-16/h5-11,19H,2-4H2,1H3,(H,18,20). The number of anilines is 2. The van der Waals surface area contributed by atoms with Crippen molar-refractivity contribution in [1.82, 2.24) is 0 Å². The Hall–Kier alpha value is -2.34. The fourth-order valence-corrected chi connectivity index (χ4v) is 3.32. The third-order valence-corrected chi connectivity index (χ3v) is 4.41. The van der Waals surface area contributed by atoms with Crippen LogP contribution in [0.15, 0.2) is 42.5 Å². The highest BCUT2D eigenvalue weighted by Gasteiger charge is 2.12. The van der Waals surface area contributed by atoms with E-state index in [0.717, 1.165) is 24.8 Å². The maximum Gasteiger partial charge on any atom is 0.255 e. The molecule has 0 saturated heterocycles. The van der Waals surface area contributed by atoms with E-state index in [1.54, 1.807) is 24.3 Å². The third kappa shape index (κ3) is 3.90. The number of carbonyl (C=O) groups excluding carboxylic acids is 1. The van der Waals surface area contributed by atoms with Crippen molar-refractivity contribution in [3.8, 4) is 0 Å². The van der Waals surface area contributed by atoms with Crippen LogP contribution in [0, 0.1) is 0 Å². The first-order chi connectivity index (χ1) is 10.9. The van der Waals surface area contributed by atoms with Gasteiger partial charge in [0.1, 0.15) is 0 Å². The smallest absolute Gasteiger partial charge is 0.255 e. The Labute approximate surface area is 135 Å². The van der Waals surface area contributed by atoms with Crippen LogP contribution in [0.5, 0.6) is 0 Å². The van der Waals surface area contributed by atoms with Gasteiger partial charge in [0.25, 0.3) is 5.91 Å². The normalized spacial score (nSPS) is 13.4. The van der Waals surface area contributed by atoms with Crippen LogP contribution >= 0.6 is 0 Å². The molecule has 23 heavy (non-hydrogen) atoms. The molecule has 0 aliphatic heterocycles. The number of fused-ring (bicyclic) bond motifs is 1. The molecule has 1 aliphatic rings. The Morgan fingerprint density at radius 2 is 1.61 bits per heavy atom. The zero-order chi connectivity index (χ0) is 16.4. The van der Waals surface area contributed by atoms with Crippen molar-refractivity contribution in [3.05, 3.63) is 59.2 Å². The Bertz CT molecular complexity index is 843. The molecule has 6 heteroatoms. The summed E-state index contributed by atoms with van der Waals surface area (Å²) >= 11 is 0. The molecule has 0 saturated carbocycles. The van der Waals surface area contributed by atoms with Crippen LogP contribution in [0.3, 0.4) is 0 Å². The first kappa shape index (κ1) is 15.6. The van der Waals surface area contributed by atoms with E-state index in [2.05, 4.69) is 16.1 Å². The van der Waals surface area contributed by atoms with E-state index in [-0.39, 0.29) is 5.91 Å². The number of aryl methyl sites for hydroxylation is 2. The zero-order valence-corrected chi connectivity index (χ0v) is 13.6. The van der Waals surface area contributed by atoms with E-state index in [9.17, 15) is 13.2 Å². The topological polar surface area (TPSA) is 75.3 Å². The van der Waals surface area contributed by atoms with Crippen LogP contribution in [-0.4, -0.2) is 20.6 Å². The van der Waals surface area contributed by atoms with Crippen molar-refractivity contribution in [2.24, 2.45) is 0 Å². The predicted octanol–water partition coefficient (Wildman–Crippen LogP) is 2.80. The second-order valence-corrected chi connectivity index (χ2v) is 7.49. The number of sulfonamides is 1. The minimum absolute atomic E-state index is 0.214. The Morgan fingerprint density at radius 1 is 0.957 bits per heavy atom. The largest absolute Gasteiger partial charge is 0.322 e. The van der Waals surface area contributed by atoms with Gasteiger partial charge in [-0.15, -0.1) is 0 Å². The molecule has 2 aromatic carbocycles. The molecule has 0 radical (unpaired) electrons. The molecule has 0 spiro atoms. The number of hydrogen-bond donors (Lipinski definition) is 2. The lowest BCUT2D eigenvalue weighted by molar-refractivity contribution is 0.102. The van der Waals surface area contributed by atoms with E-state index in [1.165, 1.54) is 17.5 Å². The molecule has 120 valence electrons. The molecule has 0 unspecified atom stereocenters. The van der Waals surface area contributed by atoms with Gasteiger partial charge < -0.3 is 5.32 Å². The molecule has 1 amide bonds. The third-order valence-electron chi connectivity index (χ3n) is 3.81. The van der Waals surface area contributed by atoms with Crippen molar-refractivity contribution < 1.29 is 13.2 Å². The first-order valence-electron chi connectivity index (χ1n) is 7.42. The van der Waals surface area contributed by atoms with Gasteiger partial charge in [0.2, 0.25) is 10.0 Å². The number of rotatable bonds is 4. The summed E-state index contributed by atoms with van der Waals surface area (Å²) < 4.78 is 24.7. The van der Waals surface area contributed by atoms with Crippen molar-refractivity contribution in [2.75, 3.05) is 16.3 Å². The average molecular weight is 330 g/mol. The quantitative estimate of drug-likeness (QED) is 0.905. The summed E-state index contributed by atoms with van der Waals surface area (Å²) in [6.07, 6.45) is 4.42. The molecule has 0 bridgehead atoms. The number of hydrogen-bond acceptors (Lipinski definition) is 3. The lowest BCUT2D eigenvalue weighted by Gasteiger charge is -2.08. The molecule has 0 atom stereocenters. The minimum Gasteiger partial charge on any atom is -0.322 e. The first-order valence-corrected chi connectivity index (χ1v) is 9.31. The summed E-state index contributed by atoms with van der Waals surface area (Å²) in [5.41, 5.74) is 4.36. The van der Waals surface area contributed by atoms with Gasteiger partial charge in [-0.3, -0.25) is 9.52 Å². The van der Waals surface area contributed by atoms with E-state index in [1.807, 2.05) is 12.1 Å². The van der Waals surface area contributed by atoms with Gasteiger partial charge in [-0.25, -0.2) is 8.42 Å². The summed E-state index contributed by atoms with van der Waals surface area (Å²) in [6.45, 7) is 0. The summed E-state index contributed by atoms with van der Waals surface area (Å²) in [6, 6.07) is 12.3. The molecule has 0 fully saturated rings. The van der Waals surface area contributed by atoms with Crippen LogP contribution in [0.1, 0.15) is 27.9 Å². The van der Waals surface area contributed by atoms with Crippen LogP contribution in [0.25, 0.3) is 0 Å². The molecule has 0 aromatic heterocycles. The second-order valence-electron chi connectivity index (χ2n) is 5.74. The molecule has 2 aromatic rings. The van der Waals surface area contributed by atoms with Crippen molar-refractivity contribution in [2.45, 2.75) is 19.3 Å². The van der Waals surface area contributed by atoms with Gasteiger partial charge in [-0.05, 0) is 66.8 Å². The van der Waals surface area contributed by atoms with Crippen LogP contribution in [0.4, 0.5) is 11.4 Å². The van der Waals surface area contributed by atoms with Gasteiger partial charge in [0, 0.05) is 16.9 Å². The van der Waals surface area contributed by atoms with Crippen LogP contribution < -0.4 is 10.0 Å². The number of nitrogens with one attached hydrogen (secondary N) is 2. The summed E-state index contributed by atoms with van der Waals surface area (Å²) in [4.78, 5) is 12.3. The summed E-state index contributed by atoms with van der Waals surface area (Å²) in [5, 5.41) is 2.88. The number of carbonyl (C=O) groups is 1. The monoisotopic (exact) mass is 330 g/mol. The maximum atomic E-state index is 12.3. The van der Waals surface area contributed by atoms with E-state index >= 15 is 0 Å². The van der Waals surface area contributed by atoms with Crippen molar-refractivity contribution >= 4 is 27.3 Å². The van der Waals surface area contributed by atoms with Gasteiger partial charge in [-0.1, -0.05) is 6.07 Å². The fourth-order valence-electron chi connectivity index (χ4n) is 2.76. The Balaban J connectivity index is 1.71. The van der Waals surface area contributed by atoms with Gasteiger partial charge in [0.05, 0.1) is 6.26 Å². The maximum absolute atomic E-state index is 12.3. The van der Waals surface area contributed by atoms with Gasteiger partial charge in [0.15, 0.2) is 0 Å². The minimum atomic E-state index is -3.32. The lowest BCUT2D eigenvalue weighted by Crippen LogP contribution is -2.13. The molecule has 3 rings (SSSR count). The highest BCUT2D eigenvalue weighted by atomic mass is 32.2. The van der Waals surface area contributed by atoms with Gasteiger partial charge >= 0.3 is 0 Å². The highest BCUT2D eigenvalue weighted by Crippen LogP contribution is 2.25. The van der Waals surface area contributed by atoms with E-state index in [4.69, 9.17) is 0 Å². The van der Waals surface area contributed by atoms with E-state index in [0.29, 0.717) is 11.3 Å². The highest BCUT2D eigenvalue weighted by molar-refractivity contribution is 7.92. The molecule has 0 heterocycles. The summed E-state index contributed by atoms with van der Waals surface area (Å²) in [5.74, 6) is -0.214. The molecule has 1 aliphatic carbocycles. The Kier molecular flexibility index (Phi) is 4.09. The zero-order valence-electron chi connectivity index (χ0n) is 12.8. The fraction of sp³-hybridized carbons (Fsp3) is 0.235. The molecule has 5 nitrogen and oxygen atoms in total. The van der Waals surface area contributed by atoms with Gasteiger partial charge in [-0.2, -0.15) is 0 Å². The summed E-state index contributed by atoms with van der Waals surface area (Å²) in [7, 11) is -3.32. The predicted molar refractivity (Wildman–Crippen MR) is 91.3 cm³/mol. The second kappa shape index (κ2) is 6.04. The average Bonchev–Trinajstić information content (AvgIpc) is 2.94. The molecular weight excluding hydrogens is 312 g/mol. The lowest BCUT2D eigenvalue weighted by atomic mass is 10.1. The van der Waals surface area contributed by atoms with Crippen LogP contribution in [-0.2, 0) is 22.9 Å². The van der Waals surface area contributed by atoms with E-state index < -0.39 is 10.0 Å². The Morgan fingerprint density at radius 3 is 2.30 bits per heavy atom. The van der Waals surface area contributed by atoms with Crippen LogP contribution in [0.2, 0.25) is 0 Å². The molecular formula is C17H18N2O3S. The molecule has 2 N–H and O–H groups in total. The van der Waals surface area contributed by atoms with Crippen molar-refractivity contribution in [3.63, 3.8) is 0 Å². The van der Waals surface area contributed by atoms with Crippen molar-refractivity contribution in [1.29, 1.82) is 0 Å².